The van der Waals surface area contributed by atoms with E-state index < -0.39 is 0 Å². The maximum absolute atomic E-state index is 13.0. The first kappa shape index (κ1) is 21.3. The molecule has 0 radical (unpaired) electrons. The Morgan fingerprint density at radius 2 is 1.77 bits per heavy atom. The highest BCUT2D eigenvalue weighted by Crippen LogP contribution is 2.31. The first-order valence-corrected chi connectivity index (χ1v) is 11.9. The smallest absolute Gasteiger partial charge is 0.276 e. The van der Waals surface area contributed by atoms with Crippen LogP contribution in [0.1, 0.15) is 36.2 Å². The minimum absolute atomic E-state index is 0.0381. The van der Waals surface area contributed by atoms with Gasteiger partial charge in [0.2, 0.25) is 5.91 Å². The van der Waals surface area contributed by atoms with Gasteiger partial charge >= 0.3 is 0 Å². The summed E-state index contributed by atoms with van der Waals surface area (Å²) in [7, 11) is 0. The van der Waals surface area contributed by atoms with Crippen molar-refractivity contribution >= 4 is 39.9 Å². The summed E-state index contributed by atoms with van der Waals surface area (Å²) in [4.78, 5) is 36.2. The Kier molecular flexibility index (Phi) is 5.36. The summed E-state index contributed by atoms with van der Waals surface area (Å²) in [6.07, 6.45) is 9.31. The summed E-state index contributed by atoms with van der Waals surface area (Å²) in [5.41, 5.74) is 4.06. The molecular formula is C26H25N7O2. The van der Waals surface area contributed by atoms with Crippen molar-refractivity contribution in [1.29, 1.82) is 0 Å². The van der Waals surface area contributed by atoms with E-state index in [1.54, 1.807) is 18.6 Å². The monoisotopic (exact) mass is 467 g/mol. The molecule has 0 atom stereocenters. The average molecular weight is 468 g/mol. The Balaban J connectivity index is 1.22. The van der Waals surface area contributed by atoms with Crippen LogP contribution in [-0.2, 0) is 4.79 Å². The summed E-state index contributed by atoms with van der Waals surface area (Å²) >= 11 is 0. The Morgan fingerprint density at radius 3 is 2.54 bits per heavy atom. The number of anilines is 3. The molecular weight excluding hydrogens is 442 g/mol. The number of pyridine rings is 2. The van der Waals surface area contributed by atoms with Gasteiger partial charge in [0.15, 0.2) is 5.69 Å². The molecule has 176 valence electrons. The van der Waals surface area contributed by atoms with Gasteiger partial charge in [0.25, 0.3) is 5.91 Å². The Bertz CT molecular complexity index is 1400. The fourth-order valence-corrected chi connectivity index (χ4v) is 4.41. The van der Waals surface area contributed by atoms with Crippen molar-refractivity contribution in [1.82, 2.24) is 20.2 Å². The highest BCUT2D eigenvalue weighted by molar-refractivity contribution is 6.11. The normalized spacial score (nSPS) is 15.4. The average Bonchev–Trinajstić information content (AvgIpc) is 3.42. The lowest BCUT2D eigenvalue weighted by Crippen LogP contribution is -2.19. The minimum atomic E-state index is -0.312. The Hall–Kier alpha value is -4.27. The second-order valence-corrected chi connectivity index (χ2v) is 9.11. The van der Waals surface area contributed by atoms with Crippen molar-refractivity contribution < 1.29 is 9.59 Å². The number of hydrogen-bond donors (Lipinski definition) is 3. The van der Waals surface area contributed by atoms with Crippen LogP contribution in [0, 0.1) is 5.92 Å². The molecule has 2 aliphatic rings. The minimum Gasteiger partial charge on any atom is -0.357 e. The number of amides is 2. The Labute approximate surface area is 202 Å². The van der Waals surface area contributed by atoms with Crippen LogP contribution in [0.15, 0.2) is 55.0 Å². The topological polar surface area (TPSA) is 116 Å². The van der Waals surface area contributed by atoms with Crippen molar-refractivity contribution in [3.63, 3.8) is 0 Å². The van der Waals surface area contributed by atoms with Crippen molar-refractivity contribution in [2.75, 3.05) is 28.6 Å². The van der Waals surface area contributed by atoms with Crippen LogP contribution in [0.5, 0.6) is 0 Å². The number of aromatic nitrogens is 4. The molecule has 6 rings (SSSR count). The SMILES string of the molecule is O=C(Nc1ccc(N2CCCC2)nc1)c1n[nH]c2ccc(-c3cncc(NC(=O)C4CC4)c3)cc12. The summed E-state index contributed by atoms with van der Waals surface area (Å²) in [5, 5.41) is 13.7. The van der Waals surface area contributed by atoms with E-state index in [-0.39, 0.29) is 17.7 Å². The third kappa shape index (κ3) is 4.44. The maximum atomic E-state index is 13.0. The standard InChI is InChI=1S/C26H25N7O2/c34-25(16-3-4-16)30-20-11-18(13-27-14-20)17-5-7-22-21(12-17)24(32-31-22)26(35)29-19-6-8-23(28-15-19)33-9-1-2-10-33/h5-8,11-16H,1-4,9-10H2,(H,29,35)(H,30,34)(H,31,32). The molecule has 1 aromatic carbocycles. The zero-order valence-electron chi connectivity index (χ0n) is 19.1. The highest BCUT2D eigenvalue weighted by Gasteiger charge is 2.29. The summed E-state index contributed by atoms with van der Waals surface area (Å²) in [5.74, 6) is 0.775. The number of nitrogens with one attached hydrogen (secondary N) is 3. The number of fused-ring (bicyclic) bond motifs is 1. The lowest BCUT2D eigenvalue weighted by Gasteiger charge is -2.16. The number of H-pyrrole nitrogens is 1. The van der Waals surface area contributed by atoms with E-state index in [2.05, 4.69) is 35.7 Å². The van der Waals surface area contributed by atoms with Gasteiger partial charge in [-0.25, -0.2) is 4.98 Å². The molecule has 1 aliphatic carbocycles. The molecule has 0 spiro atoms. The molecule has 35 heavy (non-hydrogen) atoms. The van der Waals surface area contributed by atoms with E-state index in [0.717, 1.165) is 48.4 Å². The number of benzene rings is 1. The Morgan fingerprint density at radius 1 is 0.914 bits per heavy atom. The van der Waals surface area contributed by atoms with E-state index in [9.17, 15) is 9.59 Å². The molecule has 2 amide bonds. The number of nitrogens with zero attached hydrogens (tertiary/aromatic N) is 4. The number of carbonyl (C=O) groups excluding carboxylic acids is 2. The van der Waals surface area contributed by atoms with Crippen LogP contribution in [0.4, 0.5) is 17.2 Å². The van der Waals surface area contributed by atoms with Crippen LogP contribution >= 0.6 is 0 Å². The van der Waals surface area contributed by atoms with Crippen LogP contribution < -0.4 is 15.5 Å². The van der Waals surface area contributed by atoms with E-state index >= 15 is 0 Å². The summed E-state index contributed by atoms with van der Waals surface area (Å²) in [6, 6.07) is 11.4. The van der Waals surface area contributed by atoms with E-state index in [0.29, 0.717) is 22.5 Å². The lowest BCUT2D eigenvalue weighted by molar-refractivity contribution is -0.117. The van der Waals surface area contributed by atoms with Gasteiger partial charge in [-0.1, -0.05) is 6.07 Å². The number of rotatable bonds is 6. The fourth-order valence-electron chi connectivity index (χ4n) is 4.41. The van der Waals surface area contributed by atoms with Gasteiger partial charge in [0.05, 0.1) is 29.3 Å². The van der Waals surface area contributed by atoms with Crippen molar-refractivity contribution in [2.45, 2.75) is 25.7 Å². The summed E-state index contributed by atoms with van der Waals surface area (Å²) in [6.45, 7) is 2.04. The largest absolute Gasteiger partial charge is 0.357 e. The van der Waals surface area contributed by atoms with Gasteiger partial charge in [-0.2, -0.15) is 5.10 Å². The van der Waals surface area contributed by atoms with Crippen molar-refractivity contribution in [2.24, 2.45) is 5.92 Å². The quantitative estimate of drug-likeness (QED) is 0.391. The van der Waals surface area contributed by atoms with Gasteiger partial charge < -0.3 is 15.5 Å². The maximum Gasteiger partial charge on any atom is 0.276 e. The third-order valence-electron chi connectivity index (χ3n) is 6.50. The van der Waals surface area contributed by atoms with Gasteiger partial charge in [-0.3, -0.25) is 19.7 Å². The van der Waals surface area contributed by atoms with E-state index in [4.69, 9.17) is 0 Å². The summed E-state index contributed by atoms with van der Waals surface area (Å²) < 4.78 is 0. The van der Waals surface area contributed by atoms with Crippen LogP contribution in [0.3, 0.4) is 0 Å². The number of hydrogen-bond acceptors (Lipinski definition) is 6. The molecule has 4 heterocycles. The van der Waals surface area contributed by atoms with Crippen LogP contribution in [0.2, 0.25) is 0 Å². The fraction of sp³-hybridized carbons (Fsp3) is 0.269. The molecule has 0 unspecified atom stereocenters. The molecule has 0 bridgehead atoms. The molecule has 1 aliphatic heterocycles. The molecule has 4 aromatic rings. The van der Waals surface area contributed by atoms with Gasteiger partial charge in [0.1, 0.15) is 5.82 Å². The highest BCUT2D eigenvalue weighted by atomic mass is 16.2. The predicted molar refractivity (Wildman–Crippen MR) is 134 cm³/mol. The van der Waals surface area contributed by atoms with Gasteiger partial charge in [-0.15, -0.1) is 0 Å². The first-order valence-electron chi connectivity index (χ1n) is 11.9. The number of aromatic amines is 1. The zero-order valence-corrected chi connectivity index (χ0v) is 19.1. The second-order valence-electron chi connectivity index (χ2n) is 9.11. The number of carbonyl (C=O) groups is 2. The molecule has 9 nitrogen and oxygen atoms in total. The van der Waals surface area contributed by atoms with Gasteiger partial charge in [-0.05, 0) is 61.6 Å². The van der Waals surface area contributed by atoms with Crippen LogP contribution in [-0.4, -0.2) is 45.1 Å². The van der Waals surface area contributed by atoms with Gasteiger partial charge in [0, 0.05) is 36.2 Å². The predicted octanol–water partition coefficient (Wildman–Crippen LogP) is 4.22. The van der Waals surface area contributed by atoms with Crippen LogP contribution in [0.25, 0.3) is 22.0 Å². The molecule has 3 aromatic heterocycles. The second kappa shape index (κ2) is 8.83. The first-order chi connectivity index (χ1) is 17.1. The lowest BCUT2D eigenvalue weighted by atomic mass is 10.0. The van der Waals surface area contributed by atoms with E-state index in [1.807, 2.05) is 36.4 Å². The van der Waals surface area contributed by atoms with E-state index in [1.165, 1.54) is 12.8 Å². The molecule has 1 saturated carbocycles. The zero-order chi connectivity index (χ0) is 23.8. The van der Waals surface area contributed by atoms with Crippen molar-refractivity contribution in [3.8, 4) is 11.1 Å². The molecule has 1 saturated heterocycles. The molecule has 3 N–H and O–H groups in total. The molecule has 9 heteroatoms. The van der Waals surface area contributed by atoms with Crippen molar-refractivity contribution in [3.05, 3.63) is 60.7 Å². The third-order valence-corrected chi connectivity index (χ3v) is 6.50. The molecule has 2 fully saturated rings.